The largest absolute Gasteiger partial charge is 0.550 e. The highest BCUT2D eigenvalue weighted by Crippen LogP contribution is 2.35. The molecule has 1 aliphatic rings. The summed E-state index contributed by atoms with van der Waals surface area (Å²) in [6.45, 7) is 1.80. The molecule has 20 heavy (non-hydrogen) atoms. The minimum Gasteiger partial charge on any atom is -0.550 e. The maximum atomic E-state index is 12.9. The lowest BCUT2D eigenvalue weighted by Gasteiger charge is -2.38. The van der Waals surface area contributed by atoms with Crippen molar-refractivity contribution in [1.82, 2.24) is 5.32 Å². The Bertz CT molecular complexity index is 430. The van der Waals surface area contributed by atoms with E-state index in [1.54, 1.807) is 12.1 Å². The highest BCUT2D eigenvalue weighted by atomic mass is 35.5. The van der Waals surface area contributed by atoms with Crippen LogP contribution in [-0.4, -0.2) is 19.1 Å². The summed E-state index contributed by atoms with van der Waals surface area (Å²) in [6.07, 6.45) is 3.54. The molecule has 0 radical (unpaired) electrons. The van der Waals surface area contributed by atoms with Gasteiger partial charge in [0.15, 0.2) is 0 Å². The Morgan fingerprint density at radius 2 is 2.05 bits per heavy atom. The third-order valence-corrected chi connectivity index (χ3v) is 3.91. The molecule has 112 valence electrons. The molecule has 0 aliphatic carbocycles. The lowest BCUT2D eigenvalue weighted by Crippen LogP contribution is -2.42. The van der Waals surface area contributed by atoms with E-state index in [1.807, 2.05) is 0 Å². The number of carbonyl (C=O) groups excluding carboxylic acids is 1. The van der Waals surface area contributed by atoms with Crippen molar-refractivity contribution in [3.8, 4) is 0 Å². The third kappa shape index (κ3) is 4.76. The minimum atomic E-state index is -0.996. The van der Waals surface area contributed by atoms with Crippen molar-refractivity contribution in [1.29, 1.82) is 0 Å². The first-order chi connectivity index (χ1) is 9.10. The smallest absolute Gasteiger partial charge is 0.123 e. The molecule has 1 saturated heterocycles. The number of carbonyl (C=O) groups is 1. The number of hydrogen-bond donors (Lipinski definition) is 1. The second kappa shape index (κ2) is 7.60. The summed E-state index contributed by atoms with van der Waals surface area (Å²) in [5, 5.41) is 14.0. The van der Waals surface area contributed by atoms with E-state index in [0.29, 0.717) is 6.42 Å². The van der Waals surface area contributed by atoms with Crippen molar-refractivity contribution < 1.29 is 14.3 Å². The first kappa shape index (κ1) is 16.9. The van der Waals surface area contributed by atoms with Crippen LogP contribution in [0.2, 0.25) is 0 Å². The van der Waals surface area contributed by atoms with Gasteiger partial charge in [0, 0.05) is 12.5 Å². The van der Waals surface area contributed by atoms with E-state index in [2.05, 4.69) is 5.32 Å². The van der Waals surface area contributed by atoms with Crippen molar-refractivity contribution in [3.05, 3.63) is 35.6 Å². The van der Waals surface area contributed by atoms with Crippen LogP contribution in [0.5, 0.6) is 0 Å². The van der Waals surface area contributed by atoms with Gasteiger partial charge in [0.25, 0.3) is 0 Å². The summed E-state index contributed by atoms with van der Waals surface area (Å²) >= 11 is 0. The van der Waals surface area contributed by atoms with Gasteiger partial charge < -0.3 is 15.2 Å². The van der Waals surface area contributed by atoms with E-state index >= 15 is 0 Å². The van der Waals surface area contributed by atoms with E-state index in [0.717, 1.165) is 37.9 Å². The number of hydrogen-bond acceptors (Lipinski definition) is 3. The number of aliphatic carboxylic acids is 1. The molecule has 1 atom stereocenters. The summed E-state index contributed by atoms with van der Waals surface area (Å²) in [7, 11) is 0. The average molecular weight is 301 g/mol. The fourth-order valence-corrected chi connectivity index (χ4v) is 2.89. The first-order valence-corrected chi connectivity index (χ1v) is 6.75. The van der Waals surface area contributed by atoms with Crippen LogP contribution in [0.25, 0.3) is 0 Å². The van der Waals surface area contributed by atoms with Gasteiger partial charge in [0.2, 0.25) is 0 Å². The molecule has 1 aliphatic heterocycles. The van der Waals surface area contributed by atoms with Crippen LogP contribution in [0.4, 0.5) is 4.39 Å². The number of carboxylic acid groups (broad SMARTS) is 1. The molecule has 1 unspecified atom stereocenters. The number of piperidine rings is 1. The van der Waals surface area contributed by atoms with Crippen LogP contribution in [-0.2, 0) is 11.2 Å². The van der Waals surface area contributed by atoms with Gasteiger partial charge in [-0.2, -0.15) is 0 Å². The van der Waals surface area contributed by atoms with Gasteiger partial charge in [-0.05, 0) is 61.8 Å². The first-order valence-electron chi connectivity index (χ1n) is 6.75. The van der Waals surface area contributed by atoms with Crippen LogP contribution < -0.4 is 10.4 Å². The minimum absolute atomic E-state index is 0. The summed E-state index contributed by atoms with van der Waals surface area (Å²) in [4.78, 5) is 10.7. The highest BCUT2D eigenvalue weighted by Gasteiger charge is 2.31. The van der Waals surface area contributed by atoms with E-state index in [1.165, 1.54) is 12.1 Å². The quantitative estimate of drug-likeness (QED) is 0.900. The maximum Gasteiger partial charge on any atom is 0.123 e. The van der Waals surface area contributed by atoms with E-state index in [4.69, 9.17) is 0 Å². The van der Waals surface area contributed by atoms with Crippen molar-refractivity contribution in [2.45, 2.75) is 32.1 Å². The molecular formula is C15H20ClFNO2-. The molecule has 3 nitrogen and oxygen atoms in total. The summed E-state index contributed by atoms with van der Waals surface area (Å²) in [5.41, 5.74) is 1.01. The predicted octanol–water partition coefficient (Wildman–Crippen LogP) is 1.69. The highest BCUT2D eigenvalue weighted by molar-refractivity contribution is 5.85. The van der Waals surface area contributed by atoms with Gasteiger partial charge in [0.1, 0.15) is 5.82 Å². The van der Waals surface area contributed by atoms with Gasteiger partial charge in [-0.1, -0.05) is 12.1 Å². The van der Waals surface area contributed by atoms with Crippen molar-refractivity contribution in [3.63, 3.8) is 0 Å². The monoisotopic (exact) mass is 300 g/mol. The molecule has 0 amide bonds. The molecule has 0 saturated carbocycles. The molecule has 1 N–H and O–H groups in total. The standard InChI is InChI=1S/C15H20FNO2.ClH/c16-13-4-2-12(3-5-13)10-15(8-6-14(18)19)7-1-9-17-11-15;/h2-5,17H,1,6-11H2,(H,18,19);1H/p-1. The molecule has 1 aromatic carbocycles. The summed E-state index contributed by atoms with van der Waals surface area (Å²) < 4.78 is 12.9. The molecule has 2 rings (SSSR count). The number of rotatable bonds is 5. The van der Waals surface area contributed by atoms with Gasteiger partial charge >= 0.3 is 0 Å². The zero-order chi connectivity index (χ0) is 13.7. The number of carboxylic acids is 1. The Labute approximate surface area is 125 Å². The number of halogens is 2. The van der Waals surface area contributed by atoms with Crippen molar-refractivity contribution in [2.75, 3.05) is 13.1 Å². The Morgan fingerprint density at radius 3 is 2.60 bits per heavy atom. The molecule has 0 bridgehead atoms. The normalized spacial score (nSPS) is 22.1. The second-order valence-electron chi connectivity index (χ2n) is 5.46. The molecule has 0 spiro atoms. The summed E-state index contributed by atoms with van der Waals surface area (Å²) in [5.74, 6) is -1.24. The van der Waals surface area contributed by atoms with Crippen molar-refractivity contribution in [2.24, 2.45) is 5.41 Å². The van der Waals surface area contributed by atoms with E-state index < -0.39 is 5.97 Å². The Morgan fingerprint density at radius 1 is 1.35 bits per heavy atom. The SMILES string of the molecule is Cl.O=C([O-])CCC1(Cc2ccc(F)cc2)CCCNC1. The fraction of sp³-hybridized carbons (Fsp3) is 0.533. The molecule has 5 heteroatoms. The number of nitrogens with one attached hydrogen (secondary N) is 1. The van der Waals surface area contributed by atoms with Crippen molar-refractivity contribution >= 4 is 18.4 Å². The topological polar surface area (TPSA) is 52.2 Å². The number of benzene rings is 1. The Balaban J connectivity index is 0.00000200. The molecule has 0 aromatic heterocycles. The van der Waals surface area contributed by atoms with Gasteiger partial charge in [-0.25, -0.2) is 4.39 Å². The third-order valence-electron chi connectivity index (χ3n) is 3.91. The molecule has 1 fully saturated rings. The zero-order valence-corrected chi connectivity index (χ0v) is 12.2. The second-order valence-corrected chi connectivity index (χ2v) is 5.46. The maximum absolute atomic E-state index is 12.9. The van der Waals surface area contributed by atoms with Gasteiger partial charge in [0.05, 0.1) is 0 Å². The van der Waals surface area contributed by atoms with Crippen LogP contribution >= 0.6 is 12.4 Å². The average Bonchev–Trinajstić information content (AvgIpc) is 2.41. The van der Waals surface area contributed by atoms with E-state index in [-0.39, 0.29) is 30.1 Å². The Kier molecular flexibility index (Phi) is 6.43. The van der Waals surface area contributed by atoms with Crippen LogP contribution in [0.1, 0.15) is 31.2 Å². The van der Waals surface area contributed by atoms with Gasteiger partial charge in [-0.3, -0.25) is 0 Å². The van der Waals surface area contributed by atoms with Crippen LogP contribution in [0, 0.1) is 11.2 Å². The van der Waals surface area contributed by atoms with Gasteiger partial charge in [-0.15, -0.1) is 12.4 Å². The van der Waals surface area contributed by atoms with E-state index in [9.17, 15) is 14.3 Å². The van der Waals surface area contributed by atoms with Crippen LogP contribution in [0.3, 0.4) is 0 Å². The molecular weight excluding hydrogens is 281 g/mol. The predicted molar refractivity (Wildman–Crippen MR) is 76.1 cm³/mol. The molecule has 1 heterocycles. The summed E-state index contributed by atoms with van der Waals surface area (Å²) in [6, 6.07) is 6.48. The fourth-order valence-electron chi connectivity index (χ4n) is 2.89. The Hall–Kier alpha value is -1.13. The lowest BCUT2D eigenvalue weighted by molar-refractivity contribution is -0.306. The zero-order valence-electron chi connectivity index (χ0n) is 11.4. The van der Waals surface area contributed by atoms with Crippen LogP contribution in [0.15, 0.2) is 24.3 Å². The molecule has 1 aromatic rings. The lowest BCUT2D eigenvalue weighted by atomic mass is 9.72.